The molecule has 1 N–H and O–H groups in total. The Balaban J connectivity index is 1.53. The summed E-state index contributed by atoms with van der Waals surface area (Å²) in [6.07, 6.45) is 3.20. The zero-order valence-electron chi connectivity index (χ0n) is 14.8. The summed E-state index contributed by atoms with van der Waals surface area (Å²) >= 11 is 0. The summed E-state index contributed by atoms with van der Waals surface area (Å²) in [5.41, 5.74) is 3.21. The molecule has 0 bridgehead atoms. The molecule has 0 aromatic heterocycles. The highest BCUT2D eigenvalue weighted by molar-refractivity contribution is 5.86. The summed E-state index contributed by atoms with van der Waals surface area (Å²) in [5, 5.41) is 6.14. The number of nitrogens with one attached hydrogen (secondary N) is 1. The second-order valence-corrected chi connectivity index (χ2v) is 5.73. The van der Waals surface area contributed by atoms with Crippen LogP contribution in [0.5, 0.6) is 11.5 Å². The number of para-hydroxylation sites is 1. The van der Waals surface area contributed by atoms with Crippen LogP contribution in [-0.4, -0.2) is 25.3 Å². The number of fused-ring (bicyclic) bond motifs is 1. The highest BCUT2D eigenvalue weighted by atomic mass is 16.5. The fourth-order valence-electron chi connectivity index (χ4n) is 2.48. The lowest BCUT2D eigenvalue weighted by Gasteiger charge is -2.07. The van der Waals surface area contributed by atoms with Crippen LogP contribution in [0.1, 0.15) is 5.56 Å². The normalized spacial score (nSPS) is 10.7. The smallest absolute Gasteiger partial charge is 0.277 e. The van der Waals surface area contributed by atoms with Crippen LogP contribution in [0.4, 0.5) is 0 Å². The lowest BCUT2D eigenvalue weighted by molar-refractivity contribution is -0.123. The van der Waals surface area contributed by atoms with E-state index < -0.39 is 0 Å². The van der Waals surface area contributed by atoms with Gasteiger partial charge in [-0.2, -0.15) is 5.10 Å². The Morgan fingerprint density at radius 2 is 1.78 bits per heavy atom. The van der Waals surface area contributed by atoms with Crippen LogP contribution in [0.15, 0.2) is 84.5 Å². The second kappa shape index (κ2) is 9.20. The molecule has 5 nitrogen and oxygen atoms in total. The average Bonchev–Trinajstić information content (AvgIpc) is 2.71. The van der Waals surface area contributed by atoms with Gasteiger partial charge in [0, 0.05) is 5.56 Å². The van der Waals surface area contributed by atoms with Crippen molar-refractivity contribution in [3.8, 4) is 11.5 Å². The number of hydrazone groups is 1. The predicted octanol–water partition coefficient (Wildman–Crippen LogP) is 3.93. The van der Waals surface area contributed by atoms with E-state index in [-0.39, 0.29) is 12.5 Å². The summed E-state index contributed by atoms with van der Waals surface area (Å²) in [6.45, 7) is 3.90. The van der Waals surface area contributed by atoms with E-state index in [1.807, 2.05) is 66.7 Å². The monoisotopic (exact) mass is 360 g/mol. The number of hydrogen-bond acceptors (Lipinski definition) is 4. The molecule has 27 heavy (non-hydrogen) atoms. The van der Waals surface area contributed by atoms with E-state index in [0.717, 1.165) is 16.3 Å². The molecule has 0 fully saturated rings. The van der Waals surface area contributed by atoms with Crippen LogP contribution in [0.3, 0.4) is 0 Å². The summed E-state index contributed by atoms with van der Waals surface area (Å²) in [5.74, 6) is 0.961. The van der Waals surface area contributed by atoms with Gasteiger partial charge in [0.1, 0.15) is 18.1 Å². The number of benzene rings is 3. The molecule has 0 aliphatic rings. The lowest BCUT2D eigenvalue weighted by atomic mass is 10.1. The number of rotatable bonds is 8. The average molecular weight is 360 g/mol. The third-order valence-corrected chi connectivity index (χ3v) is 3.76. The molecule has 3 aromatic carbocycles. The number of ether oxygens (including phenoxy) is 2. The molecule has 0 atom stereocenters. The van der Waals surface area contributed by atoms with Gasteiger partial charge < -0.3 is 9.47 Å². The van der Waals surface area contributed by atoms with Crippen molar-refractivity contribution in [3.05, 3.63) is 84.9 Å². The van der Waals surface area contributed by atoms with Crippen LogP contribution in [0.25, 0.3) is 10.8 Å². The molecule has 3 rings (SSSR count). The molecule has 0 unspecified atom stereocenters. The number of nitrogens with zero attached hydrogens (tertiary/aromatic N) is 1. The van der Waals surface area contributed by atoms with E-state index in [1.165, 1.54) is 6.21 Å². The van der Waals surface area contributed by atoms with Gasteiger partial charge in [0.05, 0.1) is 6.21 Å². The first-order chi connectivity index (χ1) is 13.3. The van der Waals surface area contributed by atoms with Crippen molar-refractivity contribution in [1.29, 1.82) is 0 Å². The van der Waals surface area contributed by atoms with E-state index in [4.69, 9.17) is 9.47 Å². The third kappa shape index (κ3) is 5.19. The number of carbonyl (C=O) groups is 1. The van der Waals surface area contributed by atoms with Gasteiger partial charge in [0.25, 0.3) is 5.91 Å². The minimum atomic E-state index is -0.344. The minimum Gasteiger partial charge on any atom is -0.489 e. The van der Waals surface area contributed by atoms with Crippen molar-refractivity contribution in [3.63, 3.8) is 0 Å². The van der Waals surface area contributed by atoms with E-state index in [2.05, 4.69) is 17.1 Å². The van der Waals surface area contributed by atoms with Crippen molar-refractivity contribution < 1.29 is 14.3 Å². The van der Waals surface area contributed by atoms with Gasteiger partial charge in [0.2, 0.25) is 0 Å². The number of carbonyl (C=O) groups excluding carboxylic acids is 1. The largest absolute Gasteiger partial charge is 0.489 e. The van der Waals surface area contributed by atoms with Crippen molar-refractivity contribution in [2.45, 2.75) is 0 Å². The Bertz CT molecular complexity index is 966. The molecule has 0 aliphatic heterocycles. The van der Waals surface area contributed by atoms with Gasteiger partial charge >= 0.3 is 0 Å². The maximum atomic E-state index is 11.9. The molecule has 0 radical (unpaired) electrons. The van der Waals surface area contributed by atoms with Gasteiger partial charge in [-0.15, -0.1) is 0 Å². The van der Waals surface area contributed by atoms with Crippen LogP contribution in [0.2, 0.25) is 0 Å². The molecule has 3 aromatic rings. The predicted molar refractivity (Wildman–Crippen MR) is 107 cm³/mol. The van der Waals surface area contributed by atoms with Crippen molar-refractivity contribution >= 4 is 22.9 Å². The third-order valence-electron chi connectivity index (χ3n) is 3.76. The fourth-order valence-corrected chi connectivity index (χ4v) is 2.48. The molecule has 0 saturated carbocycles. The molecule has 0 spiro atoms. The van der Waals surface area contributed by atoms with E-state index in [0.29, 0.717) is 18.1 Å². The summed E-state index contributed by atoms with van der Waals surface area (Å²) < 4.78 is 11.1. The molecule has 1 amide bonds. The van der Waals surface area contributed by atoms with Gasteiger partial charge in [0.15, 0.2) is 6.61 Å². The highest BCUT2D eigenvalue weighted by Crippen LogP contribution is 2.20. The quantitative estimate of drug-likeness (QED) is 0.376. The second-order valence-electron chi connectivity index (χ2n) is 5.73. The first-order valence-corrected chi connectivity index (χ1v) is 8.52. The van der Waals surface area contributed by atoms with Crippen LogP contribution in [-0.2, 0) is 4.79 Å². The molecule has 0 saturated heterocycles. The minimum absolute atomic E-state index is 0.121. The SMILES string of the molecule is C=CCOc1ccccc1C=NNC(=O)COc1ccc2ccccc2c1. The topological polar surface area (TPSA) is 59.9 Å². The van der Waals surface area contributed by atoms with Crippen molar-refractivity contribution in [2.24, 2.45) is 5.10 Å². The molecule has 0 aliphatic carbocycles. The van der Waals surface area contributed by atoms with Gasteiger partial charge in [-0.25, -0.2) is 5.43 Å². The maximum absolute atomic E-state index is 11.9. The van der Waals surface area contributed by atoms with E-state index in [9.17, 15) is 4.79 Å². The Morgan fingerprint density at radius 1 is 1.00 bits per heavy atom. The Kier molecular flexibility index (Phi) is 6.20. The standard InChI is InChI=1S/C22H20N2O3/c1-2-13-26-21-10-6-5-9-19(21)15-23-24-22(25)16-27-20-12-11-17-7-3-4-8-18(17)14-20/h2-12,14-15H,1,13,16H2,(H,24,25). The molecule has 0 heterocycles. The van der Waals surface area contributed by atoms with Gasteiger partial charge in [-0.05, 0) is 35.0 Å². The van der Waals surface area contributed by atoms with Crippen molar-refractivity contribution in [1.82, 2.24) is 5.43 Å². The Hall–Kier alpha value is -3.60. The van der Waals surface area contributed by atoms with Crippen LogP contribution in [0, 0.1) is 0 Å². The van der Waals surface area contributed by atoms with Gasteiger partial charge in [-0.3, -0.25) is 4.79 Å². The molecule has 5 heteroatoms. The molecular weight excluding hydrogens is 340 g/mol. The Labute approximate surface area is 157 Å². The van der Waals surface area contributed by atoms with Crippen LogP contribution >= 0.6 is 0 Å². The van der Waals surface area contributed by atoms with E-state index in [1.54, 1.807) is 6.08 Å². The summed E-state index contributed by atoms with van der Waals surface area (Å²) in [6, 6.07) is 21.1. The van der Waals surface area contributed by atoms with Crippen LogP contribution < -0.4 is 14.9 Å². The van der Waals surface area contributed by atoms with Crippen molar-refractivity contribution in [2.75, 3.05) is 13.2 Å². The molecular formula is C22H20N2O3. The van der Waals surface area contributed by atoms with Gasteiger partial charge in [-0.1, -0.05) is 55.1 Å². The summed E-state index contributed by atoms with van der Waals surface area (Å²) in [7, 11) is 0. The number of hydrogen-bond donors (Lipinski definition) is 1. The first-order valence-electron chi connectivity index (χ1n) is 8.52. The maximum Gasteiger partial charge on any atom is 0.277 e. The lowest BCUT2D eigenvalue weighted by Crippen LogP contribution is -2.24. The zero-order chi connectivity index (χ0) is 18.9. The Morgan fingerprint density at radius 3 is 2.63 bits per heavy atom. The zero-order valence-corrected chi connectivity index (χ0v) is 14.8. The fraction of sp³-hybridized carbons (Fsp3) is 0.0909. The number of amides is 1. The van der Waals surface area contributed by atoms with E-state index >= 15 is 0 Å². The molecule has 136 valence electrons. The summed E-state index contributed by atoms with van der Waals surface area (Å²) in [4.78, 5) is 11.9. The highest BCUT2D eigenvalue weighted by Gasteiger charge is 2.03. The first kappa shape index (κ1) is 18.2.